The molecule has 1 aromatic carbocycles. The molecular formula is C14H19N5O. The van der Waals surface area contributed by atoms with Gasteiger partial charge in [0.05, 0.1) is 23.3 Å². The fourth-order valence-corrected chi connectivity index (χ4v) is 1.91. The van der Waals surface area contributed by atoms with Gasteiger partial charge in [0.2, 0.25) is 0 Å². The maximum Gasteiger partial charge on any atom is 0.255 e. The number of aryl methyl sites for hydroxylation is 1. The van der Waals surface area contributed by atoms with Gasteiger partial charge in [0.1, 0.15) is 0 Å². The summed E-state index contributed by atoms with van der Waals surface area (Å²) in [5.41, 5.74) is 8.60. The van der Waals surface area contributed by atoms with Crippen LogP contribution in [0.5, 0.6) is 0 Å². The first-order chi connectivity index (χ1) is 9.51. The van der Waals surface area contributed by atoms with Crippen molar-refractivity contribution in [1.29, 1.82) is 0 Å². The second-order valence-electron chi connectivity index (χ2n) is 4.71. The van der Waals surface area contributed by atoms with Crippen molar-refractivity contribution in [2.45, 2.75) is 13.5 Å². The van der Waals surface area contributed by atoms with E-state index in [-0.39, 0.29) is 5.91 Å². The highest BCUT2D eigenvalue weighted by atomic mass is 16.1. The van der Waals surface area contributed by atoms with Crippen LogP contribution in [0.4, 0.5) is 17.1 Å². The van der Waals surface area contributed by atoms with Crippen LogP contribution in [0.2, 0.25) is 0 Å². The van der Waals surface area contributed by atoms with Crippen molar-refractivity contribution in [2.24, 2.45) is 0 Å². The first-order valence-corrected chi connectivity index (χ1v) is 6.42. The maximum absolute atomic E-state index is 12.1. The van der Waals surface area contributed by atoms with Crippen LogP contribution < -0.4 is 16.0 Å². The number of nitrogens with one attached hydrogen (secondary N) is 1. The molecule has 20 heavy (non-hydrogen) atoms. The summed E-state index contributed by atoms with van der Waals surface area (Å²) in [5, 5.41) is 6.90. The Bertz CT molecular complexity index is 618. The highest BCUT2D eigenvalue weighted by Gasteiger charge is 2.10. The Morgan fingerprint density at radius 1 is 1.45 bits per heavy atom. The Morgan fingerprint density at radius 3 is 2.75 bits per heavy atom. The Labute approximate surface area is 118 Å². The topological polar surface area (TPSA) is 76.2 Å². The van der Waals surface area contributed by atoms with E-state index in [1.807, 2.05) is 32.0 Å². The van der Waals surface area contributed by atoms with Gasteiger partial charge in [-0.2, -0.15) is 5.10 Å². The van der Waals surface area contributed by atoms with Crippen molar-refractivity contribution in [2.75, 3.05) is 30.0 Å². The third-order valence-electron chi connectivity index (χ3n) is 2.99. The quantitative estimate of drug-likeness (QED) is 0.833. The van der Waals surface area contributed by atoms with Crippen molar-refractivity contribution in [3.05, 3.63) is 36.2 Å². The number of anilines is 3. The molecule has 6 heteroatoms. The number of hydrogen-bond acceptors (Lipinski definition) is 4. The zero-order valence-corrected chi connectivity index (χ0v) is 11.9. The lowest BCUT2D eigenvalue weighted by molar-refractivity contribution is 0.102. The molecule has 3 N–H and O–H groups in total. The minimum Gasteiger partial charge on any atom is -0.397 e. The van der Waals surface area contributed by atoms with Crippen LogP contribution in [0.25, 0.3) is 0 Å². The monoisotopic (exact) mass is 273 g/mol. The Kier molecular flexibility index (Phi) is 3.93. The smallest absolute Gasteiger partial charge is 0.255 e. The van der Waals surface area contributed by atoms with Crippen LogP contribution in [0.1, 0.15) is 17.3 Å². The van der Waals surface area contributed by atoms with Gasteiger partial charge in [-0.1, -0.05) is 0 Å². The molecule has 0 saturated carbocycles. The van der Waals surface area contributed by atoms with E-state index in [0.717, 1.165) is 12.2 Å². The summed E-state index contributed by atoms with van der Waals surface area (Å²) < 4.78 is 1.75. The van der Waals surface area contributed by atoms with E-state index in [0.29, 0.717) is 16.9 Å². The summed E-state index contributed by atoms with van der Waals surface area (Å²) in [6.07, 6.45) is 3.41. The number of benzene rings is 1. The molecule has 0 radical (unpaired) electrons. The van der Waals surface area contributed by atoms with Crippen LogP contribution in [0.3, 0.4) is 0 Å². The van der Waals surface area contributed by atoms with Gasteiger partial charge in [-0.25, -0.2) is 0 Å². The molecule has 0 atom stereocenters. The average molecular weight is 273 g/mol. The summed E-state index contributed by atoms with van der Waals surface area (Å²) in [6, 6.07) is 5.26. The van der Waals surface area contributed by atoms with Crippen LogP contribution in [0, 0.1) is 0 Å². The summed E-state index contributed by atoms with van der Waals surface area (Å²) >= 11 is 0. The Hall–Kier alpha value is -2.50. The van der Waals surface area contributed by atoms with E-state index in [1.54, 1.807) is 29.2 Å². The van der Waals surface area contributed by atoms with E-state index >= 15 is 0 Å². The second kappa shape index (κ2) is 5.64. The molecule has 0 fully saturated rings. The number of aromatic nitrogens is 2. The van der Waals surface area contributed by atoms with E-state index in [4.69, 9.17) is 5.73 Å². The third-order valence-corrected chi connectivity index (χ3v) is 2.99. The lowest BCUT2D eigenvalue weighted by Gasteiger charge is -2.15. The zero-order chi connectivity index (χ0) is 14.7. The van der Waals surface area contributed by atoms with Gasteiger partial charge in [-0.05, 0) is 25.1 Å². The summed E-state index contributed by atoms with van der Waals surface area (Å²) in [6.45, 7) is 2.75. The van der Waals surface area contributed by atoms with Crippen LogP contribution in [-0.2, 0) is 6.54 Å². The van der Waals surface area contributed by atoms with Gasteiger partial charge < -0.3 is 16.0 Å². The largest absolute Gasteiger partial charge is 0.397 e. The van der Waals surface area contributed by atoms with Crippen LogP contribution in [0.15, 0.2) is 30.6 Å². The molecule has 2 aromatic rings. The fraction of sp³-hybridized carbons (Fsp3) is 0.286. The van der Waals surface area contributed by atoms with Crippen molar-refractivity contribution in [1.82, 2.24) is 9.78 Å². The molecule has 1 aromatic heterocycles. The van der Waals surface area contributed by atoms with Crippen LogP contribution in [-0.4, -0.2) is 29.8 Å². The SMILES string of the molecule is CCn1cc(NC(=O)c2ccc(N(C)C)c(N)c2)cn1. The molecule has 1 heterocycles. The van der Waals surface area contributed by atoms with Crippen molar-refractivity contribution >= 4 is 23.0 Å². The number of carbonyl (C=O) groups excluding carboxylic acids is 1. The summed E-state index contributed by atoms with van der Waals surface area (Å²) in [7, 11) is 3.81. The number of nitrogen functional groups attached to an aromatic ring is 1. The first-order valence-electron chi connectivity index (χ1n) is 6.42. The predicted molar refractivity (Wildman–Crippen MR) is 81.0 cm³/mol. The van der Waals surface area contributed by atoms with Gasteiger partial charge in [-0.3, -0.25) is 9.48 Å². The molecule has 0 aliphatic carbocycles. The average Bonchev–Trinajstić information content (AvgIpc) is 2.85. The molecule has 0 saturated heterocycles. The number of nitrogens with two attached hydrogens (primary N) is 1. The van der Waals surface area contributed by atoms with E-state index in [9.17, 15) is 4.79 Å². The lowest BCUT2D eigenvalue weighted by Crippen LogP contribution is -2.14. The molecule has 106 valence electrons. The van der Waals surface area contributed by atoms with E-state index in [2.05, 4.69) is 10.4 Å². The van der Waals surface area contributed by atoms with Gasteiger partial charge in [-0.15, -0.1) is 0 Å². The predicted octanol–water partition coefficient (Wildman–Crippen LogP) is 1.80. The zero-order valence-electron chi connectivity index (χ0n) is 11.9. The van der Waals surface area contributed by atoms with Crippen LogP contribution >= 0.6 is 0 Å². The highest BCUT2D eigenvalue weighted by molar-refractivity contribution is 6.05. The fourth-order valence-electron chi connectivity index (χ4n) is 1.91. The normalized spacial score (nSPS) is 10.3. The van der Waals surface area contributed by atoms with Crippen molar-refractivity contribution in [3.63, 3.8) is 0 Å². The van der Waals surface area contributed by atoms with Gasteiger partial charge in [0.15, 0.2) is 0 Å². The molecule has 0 unspecified atom stereocenters. The Balaban J connectivity index is 2.15. The molecule has 0 bridgehead atoms. The van der Waals surface area contributed by atoms with Gasteiger partial charge in [0.25, 0.3) is 5.91 Å². The summed E-state index contributed by atoms with van der Waals surface area (Å²) in [4.78, 5) is 14.0. The molecule has 0 aliphatic heterocycles. The van der Waals surface area contributed by atoms with Gasteiger partial charge in [0, 0.05) is 32.4 Å². The first kappa shape index (κ1) is 13.9. The molecule has 6 nitrogen and oxygen atoms in total. The highest BCUT2D eigenvalue weighted by Crippen LogP contribution is 2.22. The van der Waals surface area contributed by atoms with Gasteiger partial charge >= 0.3 is 0 Å². The van der Waals surface area contributed by atoms with E-state index in [1.165, 1.54) is 0 Å². The second-order valence-corrected chi connectivity index (χ2v) is 4.71. The summed E-state index contributed by atoms with van der Waals surface area (Å²) in [5.74, 6) is -0.197. The lowest BCUT2D eigenvalue weighted by atomic mass is 10.1. The molecule has 2 rings (SSSR count). The minimum atomic E-state index is -0.197. The molecule has 1 amide bonds. The molecule has 0 aliphatic rings. The Morgan fingerprint density at radius 2 is 2.20 bits per heavy atom. The number of hydrogen-bond donors (Lipinski definition) is 2. The standard InChI is InChI=1S/C14H19N5O/c1-4-19-9-11(8-16-19)17-14(20)10-5-6-13(18(2)3)12(15)7-10/h5-9H,4,15H2,1-3H3,(H,17,20). The van der Waals surface area contributed by atoms with E-state index < -0.39 is 0 Å². The van der Waals surface area contributed by atoms with Crippen molar-refractivity contribution in [3.8, 4) is 0 Å². The minimum absolute atomic E-state index is 0.197. The van der Waals surface area contributed by atoms with Crippen molar-refractivity contribution < 1.29 is 4.79 Å². The molecular weight excluding hydrogens is 254 g/mol. The molecule has 0 spiro atoms. The maximum atomic E-state index is 12.1. The number of nitrogens with zero attached hydrogens (tertiary/aromatic N) is 3. The third kappa shape index (κ3) is 2.90. The number of rotatable bonds is 4. The number of carbonyl (C=O) groups is 1. The number of amides is 1.